The number of alkyl halides is 2. The SMILES string of the molecule is CCCCCCOc1cc(OCCCCCBr)cc(OCCCCCBr)c1. The molecule has 0 spiro atoms. The Morgan fingerprint density at radius 1 is 0.556 bits per heavy atom. The molecule has 0 bridgehead atoms. The van der Waals surface area contributed by atoms with E-state index in [1.165, 1.54) is 44.9 Å². The summed E-state index contributed by atoms with van der Waals surface area (Å²) in [6, 6.07) is 5.96. The van der Waals surface area contributed by atoms with E-state index in [-0.39, 0.29) is 0 Å². The molecule has 0 aromatic heterocycles. The molecule has 0 aliphatic heterocycles. The second kappa shape index (κ2) is 17.7. The first kappa shape index (κ1) is 24.6. The van der Waals surface area contributed by atoms with Crippen LogP contribution in [0, 0.1) is 0 Å². The third-order valence-electron chi connectivity index (χ3n) is 4.21. The van der Waals surface area contributed by atoms with Gasteiger partial charge in [-0.2, -0.15) is 0 Å². The second-order valence-electron chi connectivity index (χ2n) is 6.75. The Labute approximate surface area is 182 Å². The van der Waals surface area contributed by atoms with Gasteiger partial charge in [-0.1, -0.05) is 58.0 Å². The zero-order chi connectivity index (χ0) is 19.6. The predicted molar refractivity (Wildman–Crippen MR) is 122 cm³/mol. The molecule has 27 heavy (non-hydrogen) atoms. The van der Waals surface area contributed by atoms with Crippen LogP contribution in [0.4, 0.5) is 0 Å². The highest BCUT2D eigenvalue weighted by Crippen LogP contribution is 2.28. The zero-order valence-electron chi connectivity index (χ0n) is 16.8. The Hall–Kier alpha value is -0.420. The number of hydrogen-bond acceptors (Lipinski definition) is 3. The maximum Gasteiger partial charge on any atom is 0.126 e. The molecule has 0 fully saturated rings. The van der Waals surface area contributed by atoms with Crippen molar-refractivity contribution in [3.63, 3.8) is 0 Å². The van der Waals surface area contributed by atoms with Crippen molar-refractivity contribution in [3.05, 3.63) is 18.2 Å². The van der Waals surface area contributed by atoms with Crippen LogP contribution in [0.5, 0.6) is 17.2 Å². The van der Waals surface area contributed by atoms with Gasteiger partial charge in [0.1, 0.15) is 17.2 Å². The molecule has 5 heteroatoms. The number of rotatable bonds is 18. The molecular formula is C22H36Br2O3. The Morgan fingerprint density at radius 2 is 0.926 bits per heavy atom. The van der Waals surface area contributed by atoms with Crippen molar-refractivity contribution in [1.29, 1.82) is 0 Å². The summed E-state index contributed by atoms with van der Waals surface area (Å²) in [6.45, 7) is 4.44. The minimum absolute atomic E-state index is 0.734. The second-order valence-corrected chi connectivity index (χ2v) is 8.33. The van der Waals surface area contributed by atoms with Gasteiger partial charge in [-0.15, -0.1) is 0 Å². The molecule has 3 nitrogen and oxygen atoms in total. The van der Waals surface area contributed by atoms with Crippen molar-refractivity contribution >= 4 is 31.9 Å². The fraction of sp³-hybridized carbons (Fsp3) is 0.727. The minimum Gasteiger partial charge on any atom is -0.493 e. The monoisotopic (exact) mass is 506 g/mol. The van der Waals surface area contributed by atoms with Gasteiger partial charge in [0.25, 0.3) is 0 Å². The number of unbranched alkanes of at least 4 members (excludes halogenated alkanes) is 7. The van der Waals surface area contributed by atoms with Crippen LogP contribution in [0.15, 0.2) is 18.2 Å². The molecule has 0 saturated carbocycles. The molecule has 1 aromatic carbocycles. The number of hydrogen-bond donors (Lipinski definition) is 0. The number of halogens is 2. The van der Waals surface area contributed by atoms with E-state index in [4.69, 9.17) is 14.2 Å². The van der Waals surface area contributed by atoms with Crippen molar-refractivity contribution in [3.8, 4) is 17.2 Å². The molecule has 0 unspecified atom stereocenters. The van der Waals surface area contributed by atoms with Gasteiger partial charge in [0.15, 0.2) is 0 Å². The topological polar surface area (TPSA) is 27.7 Å². The van der Waals surface area contributed by atoms with E-state index in [0.29, 0.717) is 0 Å². The molecule has 0 aliphatic carbocycles. The van der Waals surface area contributed by atoms with E-state index < -0.39 is 0 Å². The standard InChI is InChI=1S/C22H36Br2O3/c1-2-3-4-9-14-25-20-17-21(26-15-10-5-7-12-23)19-22(18-20)27-16-11-6-8-13-24/h17-19H,2-16H2,1H3. The van der Waals surface area contributed by atoms with Crippen LogP contribution < -0.4 is 14.2 Å². The van der Waals surface area contributed by atoms with Gasteiger partial charge in [-0.3, -0.25) is 0 Å². The zero-order valence-corrected chi connectivity index (χ0v) is 20.0. The molecule has 0 heterocycles. The largest absolute Gasteiger partial charge is 0.493 e. The van der Waals surface area contributed by atoms with Gasteiger partial charge in [-0.05, 0) is 44.9 Å². The van der Waals surface area contributed by atoms with E-state index in [9.17, 15) is 0 Å². The van der Waals surface area contributed by atoms with Crippen molar-refractivity contribution in [2.45, 2.75) is 71.1 Å². The van der Waals surface area contributed by atoms with Crippen molar-refractivity contribution in [2.75, 3.05) is 30.5 Å². The van der Waals surface area contributed by atoms with Crippen molar-refractivity contribution < 1.29 is 14.2 Å². The number of ether oxygens (including phenoxy) is 3. The normalized spacial score (nSPS) is 10.8. The van der Waals surface area contributed by atoms with Gasteiger partial charge >= 0.3 is 0 Å². The summed E-state index contributed by atoms with van der Waals surface area (Å²) in [7, 11) is 0. The van der Waals surface area contributed by atoms with Gasteiger partial charge in [0, 0.05) is 28.9 Å². The lowest BCUT2D eigenvalue weighted by atomic mass is 10.2. The average molecular weight is 508 g/mol. The molecule has 0 N–H and O–H groups in total. The molecule has 156 valence electrons. The maximum atomic E-state index is 5.95. The molecule has 1 rings (SSSR count). The van der Waals surface area contributed by atoms with Crippen LogP contribution in [-0.2, 0) is 0 Å². The molecule has 0 atom stereocenters. The van der Waals surface area contributed by atoms with E-state index in [2.05, 4.69) is 38.8 Å². The van der Waals surface area contributed by atoms with E-state index in [1.807, 2.05) is 18.2 Å². The summed E-state index contributed by atoms with van der Waals surface area (Å²) in [5, 5.41) is 2.11. The summed E-state index contributed by atoms with van der Waals surface area (Å²) in [4.78, 5) is 0. The van der Waals surface area contributed by atoms with Gasteiger partial charge in [0.05, 0.1) is 19.8 Å². The third-order valence-corrected chi connectivity index (χ3v) is 5.34. The average Bonchev–Trinajstić information content (AvgIpc) is 2.67. The first-order valence-corrected chi connectivity index (χ1v) is 12.7. The van der Waals surface area contributed by atoms with Gasteiger partial charge in [-0.25, -0.2) is 0 Å². The van der Waals surface area contributed by atoms with E-state index in [0.717, 1.165) is 67.0 Å². The van der Waals surface area contributed by atoms with Crippen molar-refractivity contribution in [2.24, 2.45) is 0 Å². The summed E-state index contributed by atoms with van der Waals surface area (Å²) in [5.41, 5.74) is 0. The van der Waals surface area contributed by atoms with E-state index in [1.54, 1.807) is 0 Å². The Morgan fingerprint density at radius 3 is 1.26 bits per heavy atom. The molecule has 1 aromatic rings. The molecular weight excluding hydrogens is 472 g/mol. The Kier molecular flexibility index (Phi) is 16.1. The highest BCUT2D eigenvalue weighted by molar-refractivity contribution is 9.09. The lowest BCUT2D eigenvalue weighted by molar-refractivity contribution is 0.277. The first-order valence-electron chi connectivity index (χ1n) is 10.5. The summed E-state index contributed by atoms with van der Waals surface area (Å²) in [5.74, 6) is 2.53. The fourth-order valence-electron chi connectivity index (χ4n) is 2.64. The van der Waals surface area contributed by atoms with Crippen LogP contribution in [0.3, 0.4) is 0 Å². The van der Waals surface area contributed by atoms with Crippen LogP contribution in [-0.4, -0.2) is 30.5 Å². The molecule has 0 saturated heterocycles. The van der Waals surface area contributed by atoms with Crippen LogP contribution in [0.2, 0.25) is 0 Å². The third kappa shape index (κ3) is 13.4. The molecule has 0 amide bonds. The van der Waals surface area contributed by atoms with Crippen LogP contribution in [0.25, 0.3) is 0 Å². The van der Waals surface area contributed by atoms with Gasteiger partial charge in [0.2, 0.25) is 0 Å². The Bertz CT molecular complexity index is 390. The molecule has 0 radical (unpaired) electrons. The minimum atomic E-state index is 0.734. The quantitative estimate of drug-likeness (QED) is 0.152. The number of benzene rings is 1. The van der Waals surface area contributed by atoms with E-state index >= 15 is 0 Å². The highest BCUT2D eigenvalue weighted by atomic mass is 79.9. The summed E-state index contributed by atoms with van der Waals surface area (Å²) < 4.78 is 17.8. The maximum absolute atomic E-state index is 5.95. The smallest absolute Gasteiger partial charge is 0.126 e. The van der Waals surface area contributed by atoms with Crippen LogP contribution in [0.1, 0.15) is 71.1 Å². The van der Waals surface area contributed by atoms with Crippen LogP contribution >= 0.6 is 31.9 Å². The highest BCUT2D eigenvalue weighted by Gasteiger charge is 2.05. The summed E-state index contributed by atoms with van der Waals surface area (Å²) >= 11 is 6.94. The Balaban J connectivity index is 2.52. The van der Waals surface area contributed by atoms with Crippen molar-refractivity contribution in [1.82, 2.24) is 0 Å². The lowest BCUT2D eigenvalue weighted by Gasteiger charge is -2.13. The first-order chi connectivity index (χ1) is 13.3. The fourth-order valence-corrected chi connectivity index (χ4v) is 3.43. The summed E-state index contributed by atoms with van der Waals surface area (Å²) in [6.07, 6.45) is 11.7. The predicted octanol–water partition coefficient (Wildman–Crippen LogP) is 7.53. The molecule has 0 aliphatic rings. The van der Waals surface area contributed by atoms with Gasteiger partial charge < -0.3 is 14.2 Å². The lowest BCUT2D eigenvalue weighted by Crippen LogP contribution is -2.02.